The third-order valence-corrected chi connectivity index (χ3v) is 2.09. The summed E-state index contributed by atoms with van der Waals surface area (Å²) in [7, 11) is 3.92. The molecule has 0 rings (SSSR count). The minimum Gasteiger partial charge on any atom is -0.344 e. The van der Waals surface area contributed by atoms with Crippen LogP contribution in [0.2, 0.25) is 0 Å². The monoisotopic (exact) mass is 172 g/mol. The smallest absolute Gasteiger partial charge is 0.222 e. The Morgan fingerprint density at radius 1 is 1.17 bits per heavy atom. The van der Waals surface area contributed by atoms with E-state index < -0.39 is 0 Å². The van der Waals surface area contributed by atoms with Crippen LogP contribution in [0, 0.1) is 0 Å². The first-order valence-electron chi connectivity index (χ1n) is 4.54. The molecule has 0 atom stereocenters. The summed E-state index contributed by atoms with van der Waals surface area (Å²) in [4.78, 5) is 15.1. The molecule has 0 aliphatic heterocycles. The van der Waals surface area contributed by atoms with Crippen LogP contribution in [0.25, 0.3) is 0 Å². The van der Waals surface area contributed by atoms with Gasteiger partial charge in [-0.15, -0.1) is 0 Å². The standard InChI is InChI=1S/C9H20N2O/c1-5-9(12)11(4)8-7-10(3)6-2/h5-8H2,1-4H3. The molecule has 3 heteroatoms. The predicted molar refractivity (Wildman–Crippen MR) is 51.1 cm³/mol. The fourth-order valence-electron chi connectivity index (χ4n) is 0.873. The summed E-state index contributed by atoms with van der Waals surface area (Å²) in [5, 5.41) is 0. The molecule has 0 unspecified atom stereocenters. The third kappa shape index (κ3) is 4.34. The topological polar surface area (TPSA) is 23.6 Å². The van der Waals surface area contributed by atoms with E-state index in [0.717, 1.165) is 19.6 Å². The van der Waals surface area contributed by atoms with Gasteiger partial charge in [-0.2, -0.15) is 0 Å². The molecule has 0 spiro atoms. The van der Waals surface area contributed by atoms with Gasteiger partial charge in [-0.1, -0.05) is 13.8 Å². The molecule has 0 aromatic carbocycles. The summed E-state index contributed by atoms with van der Waals surface area (Å²) < 4.78 is 0. The Labute approximate surface area is 75.3 Å². The van der Waals surface area contributed by atoms with Crippen LogP contribution in [-0.2, 0) is 4.79 Å². The average molecular weight is 172 g/mol. The normalized spacial score (nSPS) is 10.4. The van der Waals surface area contributed by atoms with E-state index in [0.29, 0.717) is 6.42 Å². The maximum absolute atomic E-state index is 11.1. The van der Waals surface area contributed by atoms with E-state index in [1.165, 1.54) is 0 Å². The first-order valence-corrected chi connectivity index (χ1v) is 4.54. The van der Waals surface area contributed by atoms with E-state index in [4.69, 9.17) is 0 Å². The first-order chi connectivity index (χ1) is 5.61. The van der Waals surface area contributed by atoms with Gasteiger partial charge in [-0.3, -0.25) is 4.79 Å². The number of carbonyl (C=O) groups is 1. The van der Waals surface area contributed by atoms with Gasteiger partial charge in [-0.05, 0) is 13.6 Å². The number of rotatable bonds is 5. The Hall–Kier alpha value is -0.570. The molecular formula is C9H20N2O. The number of hydrogen-bond donors (Lipinski definition) is 0. The average Bonchev–Trinajstić information content (AvgIpc) is 2.11. The number of amides is 1. The van der Waals surface area contributed by atoms with Crippen molar-refractivity contribution in [3.63, 3.8) is 0 Å². The lowest BCUT2D eigenvalue weighted by molar-refractivity contribution is -0.129. The molecule has 0 saturated carbocycles. The van der Waals surface area contributed by atoms with E-state index in [-0.39, 0.29) is 5.91 Å². The van der Waals surface area contributed by atoms with Gasteiger partial charge in [0.1, 0.15) is 0 Å². The molecule has 0 saturated heterocycles. The molecule has 0 radical (unpaired) electrons. The number of likely N-dealkylation sites (N-methyl/N-ethyl adjacent to an activating group) is 2. The molecule has 3 nitrogen and oxygen atoms in total. The molecular weight excluding hydrogens is 152 g/mol. The van der Waals surface area contributed by atoms with Crippen LogP contribution in [-0.4, -0.2) is 49.4 Å². The third-order valence-electron chi connectivity index (χ3n) is 2.09. The Morgan fingerprint density at radius 3 is 2.17 bits per heavy atom. The lowest BCUT2D eigenvalue weighted by atomic mass is 10.4. The van der Waals surface area contributed by atoms with Gasteiger partial charge >= 0.3 is 0 Å². The minimum absolute atomic E-state index is 0.222. The van der Waals surface area contributed by atoms with E-state index in [2.05, 4.69) is 18.9 Å². The number of hydrogen-bond acceptors (Lipinski definition) is 2. The second-order valence-corrected chi connectivity index (χ2v) is 3.06. The van der Waals surface area contributed by atoms with Crippen LogP contribution in [0.4, 0.5) is 0 Å². The van der Waals surface area contributed by atoms with Gasteiger partial charge in [-0.25, -0.2) is 0 Å². The van der Waals surface area contributed by atoms with Crippen molar-refractivity contribution >= 4 is 5.91 Å². The zero-order valence-corrected chi connectivity index (χ0v) is 8.63. The van der Waals surface area contributed by atoms with E-state index in [1.54, 1.807) is 4.90 Å². The van der Waals surface area contributed by atoms with Crippen LogP contribution in [0.15, 0.2) is 0 Å². The zero-order chi connectivity index (χ0) is 9.56. The van der Waals surface area contributed by atoms with Crippen molar-refractivity contribution in [3.8, 4) is 0 Å². The van der Waals surface area contributed by atoms with Crippen molar-refractivity contribution in [2.24, 2.45) is 0 Å². The number of nitrogens with zero attached hydrogens (tertiary/aromatic N) is 2. The highest BCUT2D eigenvalue weighted by Crippen LogP contribution is 1.90. The molecule has 0 fully saturated rings. The van der Waals surface area contributed by atoms with Crippen LogP contribution in [0.5, 0.6) is 0 Å². The minimum atomic E-state index is 0.222. The van der Waals surface area contributed by atoms with Gasteiger partial charge in [0, 0.05) is 26.6 Å². The Balaban J connectivity index is 3.56. The quantitative estimate of drug-likeness (QED) is 0.612. The summed E-state index contributed by atoms with van der Waals surface area (Å²) in [5.74, 6) is 0.222. The maximum atomic E-state index is 11.1. The fourth-order valence-corrected chi connectivity index (χ4v) is 0.873. The summed E-state index contributed by atoms with van der Waals surface area (Å²) in [6.07, 6.45) is 0.604. The van der Waals surface area contributed by atoms with Crippen molar-refractivity contribution in [2.75, 3.05) is 33.7 Å². The maximum Gasteiger partial charge on any atom is 0.222 e. The van der Waals surface area contributed by atoms with Crippen LogP contribution < -0.4 is 0 Å². The van der Waals surface area contributed by atoms with Gasteiger partial charge < -0.3 is 9.80 Å². The Bertz CT molecular complexity index is 136. The zero-order valence-electron chi connectivity index (χ0n) is 8.63. The summed E-state index contributed by atoms with van der Waals surface area (Å²) in [6.45, 7) is 6.83. The Morgan fingerprint density at radius 2 is 1.75 bits per heavy atom. The molecule has 0 aliphatic rings. The number of carbonyl (C=O) groups excluding carboxylic acids is 1. The SMILES string of the molecule is CCC(=O)N(C)CCN(C)CC. The summed E-state index contributed by atoms with van der Waals surface area (Å²) in [6, 6.07) is 0. The highest BCUT2D eigenvalue weighted by molar-refractivity contribution is 5.75. The van der Waals surface area contributed by atoms with Crippen molar-refractivity contribution in [1.29, 1.82) is 0 Å². The lowest BCUT2D eigenvalue weighted by Crippen LogP contribution is -2.34. The molecule has 0 heterocycles. The van der Waals surface area contributed by atoms with Gasteiger partial charge in [0.15, 0.2) is 0 Å². The van der Waals surface area contributed by atoms with Gasteiger partial charge in [0.2, 0.25) is 5.91 Å². The molecule has 0 aromatic rings. The second-order valence-electron chi connectivity index (χ2n) is 3.06. The van der Waals surface area contributed by atoms with Crippen molar-refractivity contribution in [2.45, 2.75) is 20.3 Å². The van der Waals surface area contributed by atoms with Crippen molar-refractivity contribution in [3.05, 3.63) is 0 Å². The van der Waals surface area contributed by atoms with Crippen molar-refractivity contribution in [1.82, 2.24) is 9.80 Å². The van der Waals surface area contributed by atoms with Crippen LogP contribution >= 0.6 is 0 Å². The molecule has 12 heavy (non-hydrogen) atoms. The van der Waals surface area contributed by atoms with E-state index in [1.807, 2.05) is 14.0 Å². The van der Waals surface area contributed by atoms with E-state index >= 15 is 0 Å². The molecule has 1 amide bonds. The highest BCUT2D eigenvalue weighted by Gasteiger charge is 2.05. The fraction of sp³-hybridized carbons (Fsp3) is 0.889. The highest BCUT2D eigenvalue weighted by atomic mass is 16.2. The lowest BCUT2D eigenvalue weighted by Gasteiger charge is -2.20. The second kappa shape index (κ2) is 6.00. The van der Waals surface area contributed by atoms with Crippen molar-refractivity contribution < 1.29 is 4.79 Å². The largest absolute Gasteiger partial charge is 0.344 e. The van der Waals surface area contributed by atoms with Crippen LogP contribution in [0.3, 0.4) is 0 Å². The first kappa shape index (κ1) is 11.4. The van der Waals surface area contributed by atoms with Gasteiger partial charge in [0.25, 0.3) is 0 Å². The summed E-state index contributed by atoms with van der Waals surface area (Å²) >= 11 is 0. The molecule has 0 N–H and O–H groups in total. The van der Waals surface area contributed by atoms with E-state index in [9.17, 15) is 4.79 Å². The Kier molecular flexibility index (Phi) is 5.72. The summed E-state index contributed by atoms with van der Waals surface area (Å²) in [5.41, 5.74) is 0. The molecule has 0 bridgehead atoms. The molecule has 72 valence electrons. The van der Waals surface area contributed by atoms with Gasteiger partial charge in [0.05, 0.1) is 0 Å². The molecule has 0 aromatic heterocycles. The molecule has 0 aliphatic carbocycles. The predicted octanol–water partition coefficient (Wildman–Crippen LogP) is 0.807. The van der Waals surface area contributed by atoms with Crippen LogP contribution in [0.1, 0.15) is 20.3 Å².